The van der Waals surface area contributed by atoms with Crippen LogP contribution >= 0.6 is 23.1 Å². The minimum Gasteiger partial charge on any atom is -0.497 e. The van der Waals surface area contributed by atoms with E-state index in [1.54, 1.807) is 73.8 Å². The van der Waals surface area contributed by atoms with Crippen molar-refractivity contribution in [3.05, 3.63) is 119 Å². The van der Waals surface area contributed by atoms with Gasteiger partial charge in [0.2, 0.25) is 5.91 Å². The van der Waals surface area contributed by atoms with Gasteiger partial charge >= 0.3 is 0 Å². The predicted molar refractivity (Wildman–Crippen MR) is 199 cm³/mol. The second-order valence-electron chi connectivity index (χ2n) is 10.7. The van der Waals surface area contributed by atoms with Crippen LogP contribution in [0.1, 0.15) is 29.8 Å². The quantitative estimate of drug-likeness (QED) is 0.0790. The smallest absolute Gasteiger partial charge is 0.272 e. The van der Waals surface area contributed by atoms with Crippen molar-refractivity contribution in [1.82, 2.24) is 10.3 Å². The first-order valence-electron chi connectivity index (χ1n) is 15.6. The molecule has 3 N–H and O–H groups in total. The van der Waals surface area contributed by atoms with E-state index in [-0.39, 0.29) is 11.6 Å². The lowest BCUT2D eigenvalue weighted by molar-refractivity contribution is -0.115. The first-order valence-corrected chi connectivity index (χ1v) is 17.4. The van der Waals surface area contributed by atoms with Crippen molar-refractivity contribution in [3.8, 4) is 28.5 Å². The lowest BCUT2D eigenvalue weighted by Crippen LogP contribution is -2.30. The van der Waals surface area contributed by atoms with Crippen LogP contribution in [-0.2, 0) is 9.59 Å². The summed E-state index contributed by atoms with van der Waals surface area (Å²) >= 11 is 2.73. The molecular weight excluding hydrogens is 673 g/mol. The van der Waals surface area contributed by atoms with Crippen molar-refractivity contribution >= 4 is 57.7 Å². The van der Waals surface area contributed by atoms with Gasteiger partial charge in [0.1, 0.15) is 22.9 Å². The fourth-order valence-corrected chi connectivity index (χ4v) is 6.26. The minimum absolute atomic E-state index is 0.0129. The van der Waals surface area contributed by atoms with Crippen LogP contribution in [0.25, 0.3) is 17.3 Å². The standard InChI is InChI=1S/C38H36N4O6S2/c1-5-48-29-16-11-25(12-17-29)33-23-49-38(41-33)42-35(43)24(2)50-31-19-14-28(15-20-31)39-37(45)32(40-36(44)26-9-7-6-8-10-26)21-27-13-18-30(46-3)22-34(27)47-4/h6-24H,5H2,1-4H3,(H,39,45)(H,40,44)(H,41,42,43)/b32-21-. The van der Waals surface area contributed by atoms with Crippen LogP contribution in [0.5, 0.6) is 17.2 Å². The Kier molecular flexibility index (Phi) is 12.3. The molecule has 0 aliphatic rings. The monoisotopic (exact) mass is 708 g/mol. The molecule has 0 saturated carbocycles. The van der Waals surface area contributed by atoms with Crippen molar-refractivity contribution in [2.75, 3.05) is 31.5 Å². The number of methoxy groups -OCH3 is 2. The zero-order valence-electron chi connectivity index (χ0n) is 27.9. The number of amides is 3. The van der Waals surface area contributed by atoms with E-state index in [1.165, 1.54) is 30.2 Å². The first kappa shape index (κ1) is 35.7. The molecule has 1 unspecified atom stereocenters. The molecule has 0 bridgehead atoms. The molecule has 0 spiro atoms. The molecule has 5 aromatic rings. The number of carbonyl (C=O) groups is 3. The van der Waals surface area contributed by atoms with E-state index in [2.05, 4.69) is 20.9 Å². The van der Waals surface area contributed by atoms with E-state index in [9.17, 15) is 14.4 Å². The number of ether oxygens (including phenoxy) is 3. The van der Waals surface area contributed by atoms with E-state index in [1.807, 2.05) is 55.6 Å². The van der Waals surface area contributed by atoms with Crippen LogP contribution in [-0.4, -0.2) is 48.8 Å². The highest BCUT2D eigenvalue weighted by molar-refractivity contribution is 8.00. The third kappa shape index (κ3) is 9.52. The van der Waals surface area contributed by atoms with Gasteiger partial charge in [0.25, 0.3) is 11.8 Å². The summed E-state index contributed by atoms with van der Waals surface area (Å²) < 4.78 is 16.3. The SMILES string of the molecule is CCOc1ccc(-c2csc(NC(=O)C(C)Sc3ccc(NC(=O)/C(=C/c4ccc(OC)cc4OC)NC(=O)c4ccccc4)cc3)n2)cc1. The minimum atomic E-state index is -0.534. The number of aromatic nitrogens is 1. The average Bonchev–Trinajstić information content (AvgIpc) is 3.61. The summed E-state index contributed by atoms with van der Waals surface area (Å²) in [4.78, 5) is 45.0. The van der Waals surface area contributed by atoms with Gasteiger partial charge < -0.3 is 30.2 Å². The van der Waals surface area contributed by atoms with Crippen molar-refractivity contribution in [3.63, 3.8) is 0 Å². The maximum Gasteiger partial charge on any atom is 0.272 e. The number of thiazole rings is 1. The number of rotatable bonds is 14. The highest BCUT2D eigenvalue weighted by Crippen LogP contribution is 2.30. The Labute approximate surface area is 298 Å². The van der Waals surface area contributed by atoms with Gasteiger partial charge in [-0.1, -0.05) is 18.2 Å². The Morgan fingerprint density at radius 1 is 0.880 bits per heavy atom. The van der Waals surface area contributed by atoms with Crippen molar-refractivity contribution in [1.29, 1.82) is 0 Å². The molecule has 0 aliphatic heterocycles. The Hall–Kier alpha value is -5.59. The molecule has 1 atom stereocenters. The van der Waals surface area contributed by atoms with Crippen molar-refractivity contribution in [2.24, 2.45) is 0 Å². The molecular formula is C38H36N4O6S2. The van der Waals surface area contributed by atoms with Gasteiger partial charge in [-0.2, -0.15) is 0 Å². The maximum absolute atomic E-state index is 13.5. The molecule has 12 heteroatoms. The van der Waals surface area contributed by atoms with Crippen LogP contribution in [0.4, 0.5) is 10.8 Å². The third-order valence-corrected chi connectivity index (χ3v) is 9.13. The van der Waals surface area contributed by atoms with Gasteiger partial charge in [0, 0.05) is 38.7 Å². The molecule has 5 rings (SSSR count). The lowest BCUT2D eigenvalue weighted by Gasteiger charge is -2.14. The van der Waals surface area contributed by atoms with Gasteiger partial charge in [-0.05, 0) is 92.7 Å². The van der Waals surface area contributed by atoms with Gasteiger partial charge in [0.05, 0.1) is 31.8 Å². The largest absolute Gasteiger partial charge is 0.497 e. The third-order valence-electron chi connectivity index (χ3n) is 7.26. The summed E-state index contributed by atoms with van der Waals surface area (Å²) in [5, 5.41) is 10.5. The van der Waals surface area contributed by atoms with Gasteiger partial charge in [0.15, 0.2) is 5.13 Å². The van der Waals surface area contributed by atoms with Crippen LogP contribution in [0, 0.1) is 0 Å². The van der Waals surface area contributed by atoms with Crippen molar-refractivity contribution in [2.45, 2.75) is 24.0 Å². The molecule has 50 heavy (non-hydrogen) atoms. The highest BCUT2D eigenvalue weighted by atomic mass is 32.2. The first-order chi connectivity index (χ1) is 24.3. The molecule has 3 amide bonds. The summed E-state index contributed by atoms with van der Waals surface area (Å²) in [5.74, 6) is 0.683. The van der Waals surface area contributed by atoms with E-state index in [0.29, 0.717) is 40.1 Å². The van der Waals surface area contributed by atoms with Crippen LogP contribution in [0.2, 0.25) is 0 Å². The summed E-state index contributed by atoms with van der Waals surface area (Å²) in [5.41, 5.74) is 3.18. The second-order valence-corrected chi connectivity index (χ2v) is 13.0. The number of carbonyl (C=O) groups excluding carboxylic acids is 3. The molecule has 4 aromatic carbocycles. The predicted octanol–water partition coefficient (Wildman–Crippen LogP) is 7.75. The Bertz CT molecular complexity index is 1960. The van der Waals surface area contributed by atoms with E-state index in [4.69, 9.17) is 14.2 Å². The second kappa shape index (κ2) is 17.2. The number of nitrogens with zero attached hydrogens (tertiary/aromatic N) is 1. The fraction of sp³-hybridized carbons (Fsp3) is 0.158. The topological polar surface area (TPSA) is 128 Å². The molecule has 0 radical (unpaired) electrons. The zero-order chi connectivity index (χ0) is 35.5. The lowest BCUT2D eigenvalue weighted by atomic mass is 10.1. The van der Waals surface area contributed by atoms with Gasteiger partial charge in [-0.3, -0.25) is 14.4 Å². The number of thioether (sulfide) groups is 1. The number of anilines is 2. The fourth-order valence-electron chi connectivity index (χ4n) is 4.67. The summed E-state index contributed by atoms with van der Waals surface area (Å²) in [6, 6.07) is 28.5. The zero-order valence-corrected chi connectivity index (χ0v) is 29.5. The number of hydrogen-bond acceptors (Lipinski definition) is 9. The Morgan fingerprint density at radius 2 is 1.60 bits per heavy atom. The van der Waals surface area contributed by atoms with Crippen LogP contribution in [0.3, 0.4) is 0 Å². The number of hydrogen-bond donors (Lipinski definition) is 3. The number of nitrogens with one attached hydrogen (secondary N) is 3. The Morgan fingerprint density at radius 3 is 2.28 bits per heavy atom. The molecule has 1 aromatic heterocycles. The average molecular weight is 709 g/mol. The molecule has 0 aliphatic carbocycles. The van der Waals surface area contributed by atoms with Gasteiger partial charge in [-0.25, -0.2) is 4.98 Å². The summed E-state index contributed by atoms with van der Waals surface area (Å²) in [6.45, 7) is 4.35. The summed E-state index contributed by atoms with van der Waals surface area (Å²) in [7, 11) is 3.06. The molecule has 1 heterocycles. The molecule has 0 saturated heterocycles. The van der Waals surface area contributed by atoms with Gasteiger partial charge in [-0.15, -0.1) is 23.1 Å². The molecule has 256 valence electrons. The van der Waals surface area contributed by atoms with Crippen LogP contribution in [0.15, 0.2) is 113 Å². The normalized spacial score (nSPS) is 11.6. The number of benzene rings is 4. The molecule has 0 fully saturated rings. The maximum atomic E-state index is 13.5. The highest BCUT2D eigenvalue weighted by Gasteiger charge is 2.19. The van der Waals surface area contributed by atoms with E-state index in [0.717, 1.165) is 21.9 Å². The Balaban J connectivity index is 1.23. The molecule has 10 nitrogen and oxygen atoms in total. The van der Waals surface area contributed by atoms with Crippen LogP contribution < -0.4 is 30.2 Å². The van der Waals surface area contributed by atoms with E-state index < -0.39 is 17.1 Å². The van der Waals surface area contributed by atoms with Crippen molar-refractivity contribution < 1.29 is 28.6 Å². The summed E-state index contributed by atoms with van der Waals surface area (Å²) in [6.07, 6.45) is 1.54. The van der Waals surface area contributed by atoms with E-state index >= 15 is 0 Å².